The van der Waals surface area contributed by atoms with Crippen molar-refractivity contribution in [3.05, 3.63) is 228 Å². The fourth-order valence-electron chi connectivity index (χ4n) is 11.8. The Kier molecular flexibility index (Phi) is 7.63. The molecule has 0 radical (unpaired) electrons. The van der Waals surface area contributed by atoms with Crippen molar-refractivity contribution in [2.45, 2.75) is 37.5 Å². The Morgan fingerprint density at radius 3 is 1.53 bits per heavy atom. The van der Waals surface area contributed by atoms with E-state index in [1.54, 1.807) is 5.56 Å². The predicted octanol–water partition coefficient (Wildman–Crippen LogP) is 14.3. The third-order valence-electron chi connectivity index (χ3n) is 13.9. The number of benzene rings is 8. The lowest BCUT2D eigenvalue weighted by atomic mass is 9.68. The molecule has 58 heavy (non-hydrogen) atoms. The topological polar surface area (TPSA) is 6.48 Å². The Morgan fingerprint density at radius 2 is 0.862 bits per heavy atom. The lowest BCUT2D eigenvalue weighted by Crippen LogP contribution is -2.34. The predicted molar refractivity (Wildman–Crippen MR) is 240 cm³/mol. The van der Waals surface area contributed by atoms with Crippen LogP contribution in [0.3, 0.4) is 0 Å². The van der Waals surface area contributed by atoms with E-state index in [2.05, 4.69) is 204 Å². The second-order valence-corrected chi connectivity index (χ2v) is 16.8. The van der Waals surface area contributed by atoms with Gasteiger partial charge in [-0.15, -0.1) is 0 Å². The first kappa shape index (κ1) is 33.5. The Bertz CT molecular complexity index is 2840. The molecule has 0 heterocycles. The molecule has 0 aliphatic heterocycles. The molecule has 0 aromatic heterocycles. The van der Waals surface area contributed by atoms with E-state index >= 15 is 0 Å². The van der Waals surface area contributed by atoms with Gasteiger partial charge in [-0.1, -0.05) is 140 Å². The summed E-state index contributed by atoms with van der Waals surface area (Å²) in [5, 5.41) is 0. The molecule has 0 N–H and O–H groups in total. The first-order chi connectivity index (χ1) is 28.8. The summed E-state index contributed by atoms with van der Waals surface area (Å²) in [7, 11) is 0. The fourth-order valence-corrected chi connectivity index (χ4v) is 11.8. The fraction of sp³-hybridized carbons (Fsp3) is 0.143. The molecule has 2 nitrogen and oxygen atoms in total. The average Bonchev–Trinajstić information content (AvgIpc) is 4.02. The molecule has 1 saturated carbocycles. The van der Waals surface area contributed by atoms with E-state index in [0.717, 1.165) is 19.3 Å². The molecule has 0 bridgehead atoms. The van der Waals surface area contributed by atoms with Gasteiger partial charge in [0.1, 0.15) is 0 Å². The zero-order valence-corrected chi connectivity index (χ0v) is 32.6. The third kappa shape index (κ3) is 4.91. The summed E-state index contributed by atoms with van der Waals surface area (Å²) in [4.78, 5) is 5.18. The van der Waals surface area contributed by atoms with Gasteiger partial charge in [-0.3, -0.25) is 0 Å². The molecule has 0 saturated heterocycles. The Balaban J connectivity index is 1.10. The van der Waals surface area contributed by atoms with E-state index in [4.69, 9.17) is 0 Å². The summed E-state index contributed by atoms with van der Waals surface area (Å²) >= 11 is 0. The molecule has 278 valence electrons. The van der Waals surface area contributed by atoms with Crippen LogP contribution in [0.1, 0.15) is 46.2 Å². The quantitative estimate of drug-likeness (QED) is 0.160. The second-order valence-electron chi connectivity index (χ2n) is 16.8. The number of hydrogen-bond donors (Lipinski definition) is 0. The van der Waals surface area contributed by atoms with Gasteiger partial charge in [-0.25, -0.2) is 0 Å². The zero-order valence-electron chi connectivity index (χ0n) is 32.6. The van der Waals surface area contributed by atoms with Gasteiger partial charge >= 0.3 is 0 Å². The molecular formula is C56H44N2. The number of rotatable bonds is 7. The Morgan fingerprint density at radius 1 is 0.362 bits per heavy atom. The minimum absolute atomic E-state index is 0.118. The van der Waals surface area contributed by atoms with Gasteiger partial charge in [0.15, 0.2) is 0 Å². The SMILES string of the molecule is c1ccc(-c2ccccc2N(c2ccccc2)c2cccc3c2C24c5c(cccc5N(c5ccccc5)c5ccc6c(c5)Cc5ccccc5-6)CC2CCC4C3)cc1. The number of anilines is 6. The monoisotopic (exact) mass is 744 g/mol. The first-order valence-electron chi connectivity index (χ1n) is 21.1. The van der Waals surface area contributed by atoms with Gasteiger partial charge in [0.2, 0.25) is 0 Å². The third-order valence-corrected chi connectivity index (χ3v) is 13.9. The van der Waals surface area contributed by atoms with Crippen LogP contribution >= 0.6 is 0 Å². The maximum absolute atomic E-state index is 2.59. The summed E-state index contributed by atoms with van der Waals surface area (Å²) < 4.78 is 0. The highest BCUT2D eigenvalue weighted by atomic mass is 15.2. The van der Waals surface area contributed by atoms with Crippen molar-refractivity contribution in [3.8, 4) is 22.3 Å². The summed E-state index contributed by atoms with van der Waals surface area (Å²) in [5.74, 6) is 1.07. The summed E-state index contributed by atoms with van der Waals surface area (Å²) in [6, 6.07) is 72.7. The van der Waals surface area contributed by atoms with Crippen molar-refractivity contribution in [1.82, 2.24) is 0 Å². The van der Waals surface area contributed by atoms with E-state index in [1.165, 1.54) is 97.0 Å². The van der Waals surface area contributed by atoms with Crippen molar-refractivity contribution in [3.63, 3.8) is 0 Å². The van der Waals surface area contributed by atoms with E-state index < -0.39 is 0 Å². The van der Waals surface area contributed by atoms with Crippen LogP contribution in [0.4, 0.5) is 34.1 Å². The van der Waals surface area contributed by atoms with Gasteiger partial charge in [-0.05, 0) is 149 Å². The van der Waals surface area contributed by atoms with Gasteiger partial charge in [0, 0.05) is 28.0 Å². The first-order valence-corrected chi connectivity index (χ1v) is 21.1. The molecule has 2 heteroatoms. The van der Waals surface area contributed by atoms with E-state index in [1.807, 2.05) is 0 Å². The number of nitrogens with zero attached hydrogens (tertiary/aromatic N) is 2. The number of hydrogen-bond acceptors (Lipinski definition) is 2. The minimum atomic E-state index is -0.118. The highest BCUT2D eigenvalue weighted by Gasteiger charge is 2.62. The van der Waals surface area contributed by atoms with Crippen LogP contribution in [-0.4, -0.2) is 0 Å². The second kappa shape index (κ2) is 13.2. The van der Waals surface area contributed by atoms with Crippen LogP contribution in [-0.2, 0) is 24.7 Å². The molecule has 3 unspecified atom stereocenters. The van der Waals surface area contributed by atoms with Crippen LogP contribution in [0.25, 0.3) is 22.3 Å². The van der Waals surface area contributed by atoms with Gasteiger partial charge in [0.25, 0.3) is 0 Å². The van der Waals surface area contributed by atoms with Crippen LogP contribution < -0.4 is 9.80 Å². The number of para-hydroxylation sites is 3. The lowest BCUT2D eigenvalue weighted by Gasteiger charge is -2.40. The van der Waals surface area contributed by atoms with Gasteiger partial charge < -0.3 is 9.80 Å². The highest BCUT2D eigenvalue weighted by molar-refractivity contribution is 5.92. The smallest absolute Gasteiger partial charge is 0.0540 e. The van der Waals surface area contributed by atoms with Crippen LogP contribution in [0.2, 0.25) is 0 Å². The molecule has 3 atom stereocenters. The van der Waals surface area contributed by atoms with Crippen molar-refractivity contribution in [2.75, 3.05) is 9.80 Å². The molecule has 4 aliphatic carbocycles. The number of fused-ring (bicyclic) bond motifs is 5. The van der Waals surface area contributed by atoms with E-state index in [-0.39, 0.29) is 5.41 Å². The lowest BCUT2D eigenvalue weighted by molar-refractivity contribution is 0.350. The molecule has 0 amide bonds. The summed E-state index contributed by atoms with van der Waals surface area (Å²) in [6.07, 6.45) is 5.70. The average molecular weight is 745 g/mol. The van der Waals surface area contributed by atoms with E-state index in [9.17, 15) is 0 Å². The maximum Gasteiger partial charge on any atom is 0.0540 e. The Hall–Kier alpha value is -6.64. The Labute approximate surface area is 341 Å². The molecule has 4 aliphatic rings. The summed E-state index contributed by atoms with van der Waals surface area (Å²) in [5.41, 5.74) is 21.5. The van der Waals surface area contributed by atoms with Crippen molar-refractivity contribution in [2.24, 2.45) is 11.8 Å². The molecule has 1 spiro atoms. The standard InChI is InChI=1S/C56H44N2/c1-4-16-38(17-5-1)50-26-12-13-27-51(50)58(46-23-8-3-9-24-46)53-29-15-20-41-36-44-31-30-43-35-40-19-14-28-52(54(40)56(43,44)55(41)53)57(45-21-6-2-7-22-45)47-32-33-49-42(37-47)34-39-18-10-11-25-48(39)49/h1-29,32-33,37,43-44H,30-31,34-36H2. The molecule has 1 fully saturated rings. The van der Waals surface area contributed by atoms with Crippen LogP contribution in [0, 0.1) is 11.8 Å². The van der Waals surface area contributed by atoms with E-state index in [0.29, 0.717) is 11.8 Å². The molecule has 12 rings (SSSR count). The van der Waals surface area contributed by atoms with Crippen molar-refractivity contribution < 1.29 is 0 Å². The largest absolute Gasteiger partial charge is 0.310 e. The van der Waals surface area contributed by atoms with Gasteiger partial charge in [-0.2, -0.15) is 0 Å². The normalized spacial score (nSPS) is 19.1. The maximum atomic E-state index is 2.59. The van der Waals surface area contributed by atoms with Crippen LogP contribution in [0.15, 0.2) is 194 Å². The minimum Gasteiger partial charge on any atom is -0.310 e. The molecule has 8 aromatic carbocycles. The molecular weight excluding hydrogens is 701 g/mol. The summed E-state index contributed by atoms with van der Waals surface area (Å²) in [6.45, 7) is 0. The van der Waals surface area contributed by atoms with Crippen LogP contribution in [0.5, 0.6) is 0 Å². The molecule has 8 aromatic rings. The highest BCUT2D eigenvalue weighted by Crippen LogP contribution is 2.69. The van der Waals surface area contributed by atoms with Crippen molar-refractivity contribution in [1.29, 1.82) is 0 Å². The zero-order chi connectivity index (χ0) is 38.2. The van der Waals surface area contributed by atoms with Crippen molar-refractivity contribution >= 4 is 34.1 Å². The van der Waals surface area contributed by atoms with Gasteiger partial charge in [0.05, 0.1) is 17.1 Å².